The van der Waals surface area contributed by atoms with Crippen LogP contribution in [-0.2, 0) is 4.79 Å². The lowest BCUT2D eigenvalue weighted by molar-refractivity contribution is -0.117. The van der Waals surface area contributed by atoms with Crippen molar-refractivity contribution in [3.63, 3.8) is 0 Å². The Labute approximate surface area is 112 Å². The minimum atomic E-state index is 0.0248. The lowest BCUT2D eigenvalue weighted by atomic mass is 9.86. The summed E-state index contributed by atoms with van der Waals surface area (Å²) in [6.45, 7) is 2.38. The van der Waals surface area contributed by atoms with Gasteiger partial charge >= 0.3 is 6.01 Å². The lowest BCUT2D eigenvalue weighted by Gasteiger charge is -2.20. The highest BCUT2D eigenvalue weighted by molar-refractivity contribution is 5.89. The van der Waals surface area contributed by atoms with E-state index < -0.39 is 0 Å². The number of nitrogens with zero attached hydrogens (tertiary/aromatic N) is 2. The molecule has 0 spiro atoms. The number of amides is 1. The summed E-state index contributed by atoms with van der Waals surface area (Å²) >= 11 is 0. The van der Waals surface area contributed by atoms with Gasteiger partial charge in [-0.2, -0.15) is 4.98 Å². The van der Waals surface area contributed by atoms with Gasteiger partial charge in [0.1, 0.15) is 0 Å². The molecule has 2 aliphatic rings. The average Bonchev–Trinajstić information content (AvgIpc) is 3.06. The third kappa shape index (κ3) is 2.72. The van der Waals surface area contributed by atoms with Crippen molar-refractivity contribution in [3.05, 3.63) is 0 Å². The number of H-pyrrole nitrogens is 1. The highest BCUT2D eigenvalue weighted by Gasteiger charge is 2.40. The van der Waals surface area contributed by atoms with Crippen molar-refractivity contribution >= 4 is 11.9 Å². The fraction of sp³-hybridized carbons (Fsp3) is 0.769. The number of hydrogen-bond donors (Lipinski definition) is 2. The van der Waals surface area contributed by atoms with Crippen LogP contribution in [0, 0.1) is 17.8 Å². The van der Waals surface area contributed by atoms with Gasteiger partial charge in [0.15, 0.2) is 0 Å². The zero-order chi connectivity index (χ0) is 13.2. The van der Waals surface area contributed by atoms with Crippen LogP contribution in [0.1, 0.15) is 39.0 Å². The topological polar surface area (TPSA) is 79.9 Å². The number of fused-ring (bicyclic) bond motifs is 2. The van der Waals surface area contributed by atoms with Crippen molar-refractivity contribution in [2.45, 2.75) is 39.0 Å². The summed E-state index contributed by atoms with van der Waals surface area (Å²) in [6, 6.07) is 0.276. The average molecular weight is 264 g/mol. The quantitative estimate of drug-likeness (QED) is 0.852. The van der Waals surface area contributed by atoms with Gasteiger partial charge in [0, 0.05) is 6.42 Å². The van der Waals surface area contributed by atoms with Gasteiger partial charge in [0.05, 0.1) is 6.61 Å². The molecule has 2 aliphatic carbocycles. The predicted octanol–water partition coefficient (Wildman–Crippen LogP) is 1.97. The van der Waals surface area contributed by atoms with Gasteiger partial charge < -0.3 is 4.74 Å². The van der Waals surface area contributed by atoms with Crippen LogP contribution in [0.15, 0.2) is 0 Å². The van der Waals surface area contributed by atoms with Gasteiger partial charge in [-0.15, -0.1) is 5.10 Å². The van der Waals surface area contributed by atoms with Crippen LogP contribution >= 0.6 is 0 Å². The Morgan fingerprint density at radius 1 is 1.47 bits per heavy atom. The molecule has 1 heterocycles. The number of hydrogen-bond acceptors (Lipinski definition) is 4. The van der Waals surface area contributed by atoms with Crippen LogP contribution in [0.5, 0.6) is 6.01 Å². The third-order valence-corrected chi connectivity index (χ3v) is 4.33. The van der Waals surface area contributed by atoms with Crippen molar-refractivity contribution in [2.24, 2.45) is 17.8 Å². The van der Waals surface area contributed by atoms with E-state index in [0.29, 0.717) is 24.9 Å². The highest BCUT2D eigenvalue weighted by Crippen LogP contribution is 2.49. The fourth-order valence-corrected chi connectivity index (χ4v) is 3.54. The first-order valence-corrected chi connectivity index (χ1v) is 7.09. The van der Waals surface area contributed by atoms with Gasteiger partial charge in [-0.25, -0.2) is 5.10 Å². The SMILES string of the molecule is CCOc1n[nH]c(NC(=O)CC2CC3CCC2C3)n1. The summed E-state index contributed by atoms with van der Waals surface area (Å²) < 4.78 is 5.14. The molecule has 2 N–H and O–H groups in total. The second-order valence-corrected chi connectivity index (χ2v) is 5.59. The zero-order valence-electron chi connectivity index (χ0n) is 11.2. The molecule has 6 nitrogen and oxygen atoms in total. The summed E-state index contributed by atoms with van der Waals surface area (Å²) in [7, 11) is 0. The molecule has 0 aromatic carbocycles. The first-order chi connectivity index (χ1) is 9.24. The monoisotopic (exact) mass is 264 g/mol. The van der Waals surface area contributed by atoms with Crippen LogP contribution in [0.2, 0.25) is 0 Å². The number of nitrogens with one attached hydrogen (secondary N) is 2. The summed E-state index contributed by atoms with van der Waals surface area (Å²) in [5.74, 6) is 2.60. The van der Waals surface area contributed by atoms with E-state index in [2.05, 4.69) is 20.5 Å². The molecular formula is C13H20N4O2. The van der Waals surface area contributed by atoms with E-state index in [1.165, 1.54) is 25.7 Å². The summed E-state index contributed by atoms with van der Waals surface area (Å²) in [5, 5.41) is 9.28. The molecule has 0 radical (unpaired) electrons. The van der Waals surface area contributed by atoms with Gasteiger partial charge in [-0.1, -0.05) is 6.42 Å². The smallest absolute Gasteiger partial charge is 0.337 e. The lowest BCUT2D eigenvalue weighted by Crippen LogP contribution is -2.20. The number of aromatic nitrogens is 3. The Balaban J connectivity index is 1.50. The van der Waals surface area contributed by atoms with Crippen LogP contribution in [-0.4, -0.2) is 27.7 Å². The van der Waals surface area contributed by atoms with Crippen molar-refractivity contribution in [2.75, 3.05) is 11.9 Å². The molecule has 3 rings (SSSR count). The Morgan fingerprint density at radius 2 is 2.37 bits per heavy atom. The van der Waals surface area contributed by atoms with Crippen LogP contribution in [0.25, 0.3) is 0 Å². The van der Waals surface area contributed by atoms with Crippen molar-refractivity contribution in [3.8, 4) is 6.01 Å². The zero-order valence-corrected chi connectivity index (χ0v) is 11.2. The maximum absolute atomic E-state index is 12.0. The first kappa shape index (κ1) is 12.4. The molecule has 3 unspecified atom stereocenters. The minimum absolute atomic E-state index is 0.0248. The Bertz CT molecular complexity index is 459. The fourth-order valence-electron chi connectivity index (χ4n) is 3.54. The van der Waals surface area contributed by atoms with E-state index in [9.17, 15) is 4.79 Å². The molecule has 2 fully saturated rings. The number of carbonyl (C=O) groups excluding carboxylic acids is 1. The molecule has 2 bridgehead atoms. The van der Waals surface area contributed by atoms with E-state index in [1.54, 1.807) is 0 Å². The molecule has 1 aromatic heterocycles. The number of aromatic amines is 1. The number of ether oxygens (including phenoxy) is 1. The highest BCUT2D eigenvalue weighted by atomic mass is 16.5. The molecular weight excluding hydrogens is 244 g/mol. The maximum atomic E-state index is 12.0. The molecule has 1 amide bonds. The Morgan fingerprint density at radius 3 is 3.05 bits per heavy atom. The summed E-state index contributed by atoms with van der Waals surface area (Å²) in [6.07, 6.45) is 5.82. The molecule has 2 saturated carbocycles. The Hall–Kier alpha value is -1.59. The van der Waals surface area contributed by atoms with Gasteiger partial charge in [-0.3, -0.25) is 10.1 Å². The van der Waals surface area contributed by atoms with Crippen molar-refractivity contribution in [1.82, 2.24) is 15.2 Å². The molecule has 1 aromatic rings. The maximum Gasteiger partial charge on any atom is 0.337 e. The second kappa shape index (κ2) is 5.19. The molecule has 104 valence electrons. The minimum Gasteiger partial charge on any atom is -0.463 e. The molecule has 19 heavy (non-hydrogen) atoms. The predicted molar refractivity (Wildman–Crippen MR) is 69.7 cm³/mol. The summed E-state index contributed by atoms with van der Waals surface area (Å²) in [5.41, 5.74) is 0. The first-order valence-electron chi connectivity index (χ1n) is 7.09. The molecule has 6 heteroatoms. The van der Waals surface area contributed by atoms with E-state index >= 15 is 0 Å². The van der Waals surface area contributed by atoms with Crippen LogP contribution in [0.3, 0.4) is 0 Å². The van der Waals surface area contributed by atoms with E-state index in [1.807, 2.05) is 6.92 Å². The van der Waals surface area contributed by atoms with Gasteiger partial charge in [-0.05, 0) is 43.9 Å². The van der Waals surface area contributed by atoms with Gasteiger partial charge in [0.2, 0.25) is 11.9 Å². The number of anilines is 1. The van der Waals surface area contributed by atoms with Crippen molar-refractivity contribution < 1.29 is 9.53 Å². The summed E-state index contributed by atoms with van der Waals surface area (Å²) in [4.78, 5) is 16.0. The molecule has 0 aliphatic heterocycles. The van der Waals surface area contributed by atoms with E-state index in [4.69, 9.17) is 4.74 Å². The second-order valence-electron chi connectivity index (χ2n) is 5.59. The van der Waals surface area contributed by atoms with Crippen LogP contribution in [0.4, 0.5) is 5.95 Å². The molecule has 0 saturated heterocycles. The van der Waals surface area contributed by atoms with Crippen LogP contribution < -0.4 is 10.1 Å². The Kier molecular flexibility index (Phi) is 3.40. The molecule has 3 atom stereocenters. The van der Waals surface area contributed by atoms with E-state index in [-0.39, 0.29) is 11.9 Å². The standard InChI is InChI=1S/C13H20N4O2/c1-2-19-13-15-12(16-17-13)14-11(18)7-10-6-8-3-4-9(10)5-8/h8-10H,2-7H2,1H3,(H2,14,15,16,17,18). The largest absolute Gasteiger partial charge is 0.463 e. The number of rotatable bonds is 5. The van der Waals surface area contributed by atoms with Gasteiger partial charge in [0.25, 0.3) is 0 Å². The van der Waals surface area contributed by atoms with E-state index in [0.717, 1.165) is 11.8 Å². The number of carbonyl (C=O) groups is 1. The van der Waals surface area contributed by atoms with Crippen molar-refractivity contribution in [1.29, 1.82) is 0 Å². The normalized spacial score (nSPS) is 28.6. The third-order valence-electron chi connectivity index (χ3n) is 4.33.